The Morgan fingerprint density at radius 3 is 2.72 bits per heavy atom. The van der Waals surface area contributed by atoms with Gasteiger partial charge in [-0.05, 0) is 38.7 Å². The number of nitrogens with one attached hydrogen (secondary N) is 1. The summed E-state index contributed by atoms with van der Waals surface area (Å²) in [6.45, 7) is 8.44. The Labute approximate surface area is 112 Å². The van der Waals surface area contributed by atoms with Crippen molar-refractivity contribution in [1.82, 2.24) is 15.0 Å². The number of nitrogens with zero attached hydrogens (tertiary/aromatic N) is 3. The molecule has 0 bridgehead atoms. The third-order valence-electron chi connectivity index (χ3n) is 2.22. The minimum atomic E-state index is -0.0364. The summed E-state index contributed by atoms with van der Waals surface area (Å²) in [5.74, 6) is 1.81. The summed E-state index contributed by atoms with van der Waals surface area (Å²) in [6.07, 6.45) is 1.76. The van der Waals surface area contributed by atoms with Crippen LogP contribution in [0.4, 0.5) is 5.82 Å². The molecule has 5 heteroatoms. The molecule has 1 N–H and O–H groups in total. The van der Waals surface area contributed by atoms with Crippen LogP contribution in [0.2, 0.25) is 0 Å². The average molecular weight is 262 g/mol. The lowest BCUT2D eigenvalue weighted by molar-refractivity contribution is 0.629. The summed E-state index contributed by atoms with van der Waals surface area (Å²) in [5, 5.41) is 5.16. The van der Waals surface area contributed by atoms with Crippen LogP contribution in [0, 0.1) is 0 Å². The number of hydrogen-bond acceptors (Lipinski definition) is 5. The largest absolute Gasteiger partial charge is 0.365 e. The van der Waals surface area contributed by atoms with Crippen molar-refractivity contribution in [2.45, 2.75) is 38.4 Å². The first-order valence-corrected chi connectivity index (χ1v) is 7.02. The minimum absolute atomic E-state index is 0.0364. The van der Waals surface area contributed by atoms with Gasteiger partial charge in [0.25, 0.3) is 0 Å². The smallest absolute Gasteiger partial charge is 0.191 e. The summed E-state index contributed by atoms with van der Waals surface area (Å²) >= 11 is 1.63. The van der Waals surface area contributed by atoms with Crippen molar-refractivity contribution in [3.63, 3.8) is 0 Å². The first-order valence-electron chi connectivity index (χ1n) is 6.03. The van der Waals surface area contributed by atoms with Gasteiger partial charge in [0.15, 0.2) is 10.8 Å². The number of pyridine rings is 1. The Balaban J connectivity index is 2.53. The van der Waals surface area contributed by atoms with Crippen LogP contribution < -0.4 is 5.32 Å². The molecule has 0 aromatic carbocycles. The van der Waals surface area contributed by atoms with E-state index in [4.69, 9.17) is 0 Å². The molecule has 0 aliphatic rings. The summed E-state index contributed by atoms with van der Waals surface area (Å²) in [7, 11) is 0. The second kappa shape index (κ2) is 5.10. The highest BCUT2D eigenvalue weighted by Gasteiger charge is 2.14. The Morgan fingerprint density at radius 1 is 1.28 bits per heavy atom. The topological polar surface area (TPSA) is 50.7 Å². The van der Waals surface area contributed by atoms with Crippen molar-refractivity contribution in [3.05, 3.63) is 18.3 Å². The second-order valence-electron chi connectivity index (χ2n) is 5.04. The lowest BCUT2D eigenvalue weighted by Gasteiger charge is -2.22. The molecule has 2 aromatic heterocycles. The zero-order chi connectivity index (χ0) is 13.2. The molecule has 0 saturated carbocycles. The van der Waals surface area contributed by atoms with Crippen molar-refractivity contribution < 1.29 is 0 Å². The van der Waals surface area contributed by atoms with Crippen molar-refractivity contribution >= 4 is 28.6 Å². The maximum Gasteiger partial charge on any atom is 0.191 e. The molecule has 18 heavy (non-hydrogen) atoms. The van der Waals surface area contributed by atoms with Crippen LogP contribution >= 0.6 is 11.8 Å². The predicted molar refractivity (Wildman–Crippen MR) is 77.1 cm³/mol. The average Bonchev–Trinajstić information content (AvgIpc) is 2.27. The highest BCUT2D eigenvalue weighted by Crippen LogP contribution is 2.25. The van der Waals surface area contributed by atoms with Gasteiger partial charge in [-0.15, -0.1) is 0 Å². The van der Waals surface area contributed by atoms with Gasteiger partial charge in [0.05, 0.1) is 5.39 Å². The Hall–Kier alpha value is -1.36. The molecule has 0 aliphatic carbocycles. The number of anilines is 1. The summed E-state index contributed by atoms with van der Waals surface area (Å²) in [6, 6.07) is 3.91. The minimum Gasteiger partial charge on any atom is -0.365 e. The highest BCUT2D eigenvalue weighted by atomic mass is 32.2. The first-order chi connectivity index (χ1) is 8.49. The molecule has 2 heterocycles. The van der Waals surface area contributed by atoms with Crippen molar-refractivity contribution in [2.24, 2.45) is 0 Å². The van der Waals surface area contributed by atoms with Crippen LogP contribution in [-0.4, -0.2) is 26.2 Å². The third-order valence-corrected chi connectivity index (χ3v) is 2.95. The summed E-state index contributed by atoms with van der Waals surface area (Å²) in [5.41, 5.74) is 0.709. The van der Waals surface area contributed by atoms with E-state index in [0.29, 0.717) is 0 Å². The molecule has 0 aliphatic heterocycles. The van der Waals surface area contributed by atoms with Crippen molar-refractivity contribution in [3.8, 4) is 0 Å². The van der Waals surface area contributed by atoms with E-state index in [1.54, 1.807) is 18.0 Å². The molecule has 0 radical (unpaired) electrons. The van der Waals surface area contributed by atoms with Crippen molar-refractivity contribution in [2.75, 3.05) is 11.1 Å². The van der Waals surface area contributed by atoms with Gasteiger partial charge in [-0.2, -0.15) is 0 Å². The quantitative estimate of drug-likeness (QED) is 0.679. The van der Waals surface area contributed by atoms with Gasteiger partial charge in [-0.25, -0.2) is 15.0 Å². The molecule has 0 spiro atoms. The van der Waals surface area contributed by atoms with E-state index in [0.717, 1.165) is 27.8 Å². The fraction of sp³-hybridized carbons (Fsp3) is 0.462. The number of hydrogen-bond donors (Lipinski definition) is 1. The van der Waals surface area contributed by atoms with Gasteiger partial charge in [0.2, 0.25) is 0 Å². The predicted octanol–water partition coefficient (Wildman–Crippen LogP) is 3.35. The van der Waals surface area contributed by atoms with Crippen LogP contribution in [0.3, 0.4) is 0 Å². The van der Waals surface area contributed by atoms with Crippen LogP contribution in [0.5, 0.6) is 0 Å². The zero-order valence-corrected chi connectivity index (χ0v) is 12.0. The van der Waals surface area contributed by atoms with Crippen LogP contribution in [0.25, 0.3) is 11.0 Å². The molecule has 4 nitrogen and oxygen atoms in total. The van der Waals surface area contributed by atoms with E-state index in [-0.39, 0.29) is 5.54 Å². The Bertz CT molecular complexity index is 548. The van der Waals surface area contributed by atoms with Crippen molar-refractivity contribution in [1.29, 1.82) is 0 Å². The third kappa shape index (κ3) is 3.10. The molecule has 2 rings (SSSR count). The van der Waals surface area contributed by atoms with Crippen LogP contribution in [0.1, 0.15) is 27.7 Å². The lowest BCUT2D eigenvalue weighted by Crippen LogP contribution is -2.27. The SMILES string of the molecule is CCSc1nc(NC(C)(C)C)c2cccnc2n1. The molecule has 0 unspecified atom stereocenters. The van der Waals surface area contributed by atoms with Gasteiger partial charge >= 0.3 is 0 Å². The van der Waals surface area contributed by atoms with Gasteiger partial charge < -0.3 is 5.32 Å². The van der Waals surface area contributed by atoms with Crippen LogP contribution in [0.15, 0.2) is 23.5 Å². The van der Waals surface area contributed by atoms with Gasteiger partial charge in [0.1, 0.15) is 5.82 Å². The van der Waals surface area contributed by atoms with Gasteiger partial charge in [-0.3, -0.25) is 0 Å². The monoisotopic (exact) mass is 262 g/mol. The van der Waals surface area contributed by atoms with E-state index in [2.05, 4.69) is 48.0 Å². The fourth-order valence-electron chi connectivity index (χ4n) is 1.59. The molecule has 0 saturated heterocycles. The van der Waals surface area contributed by atoms with E-state index in [9.17, 15) is 0 Å². The first kappa shape index (κ1) is 13.1. The van der Waals surface area contributed by atoms with Gasteiger partial charge in [-0.1, -0.05) is 18.7 Å². The van der Waals surface area contributed by atoms with E-state index >= 15 is 0 Å². The number of aromatic nitrogens is 3. The number of rotatable bonds is 3. The second-order valence-corrected chi connectivity index (χ2v) is 6.27. The maximum atomic E-state index is 4.58. The molecular weight excluding hydrogens is 244 g/mol. The lowest BCUT2D eigenvalue weighted by atomic mass is 10.1. The molecule has 96 valence electrons. The molecule has 0 amide bonds. The number of fused-ring (bicyclic) bond motifs is 1. The standard InChI is InChI=1S/C13H18N4S/c1-5-18-12-15-10-9(7-6-8-14-10)11(16-12)17-13(2,3)4/h6-8H,5H2,1-4H3,(H,14,15,16,17). The maximum absolute atomic E-state index is 4.58. The van der Waals surface area contributed by atoms with E-state index in [1.807, 2.05) is 12.1 Å². The normalized spacial score (nSPS) is 11.8. The highest BCUT2D eigenvalue weighted by molar-refractivity contribution is 7.99. The molecule has 2 aromatic rings. The summed E-state index contributed by atoms with van der Waals surface area (Å²) < 4.78 is 0. The van der Waals surface area contributed by atoms with Crippen LogP contribution in [-0.2, 0) is 0 Å². The van der Waals surface area contributed by atoms with Gasteiger partial charge in [0, 0.05) is 11.7 Å². The number of thioether (sulfide) groups is 1. The molecule has 0 fully saturated rings. The Kier molecular flexibility index (Phi) is 3.71. The molecule has 0 atom stereocenters. The fourth-order valence-corrected chi connectivity index (χ4v) is 2.15. The van der Waals surface area contributed by atoms with E-state index in [1.165, 1.54) is 0 Å². The molecular formula is C13H18N4S. The Morgan fingerprint density at radius 2 is 2.06 bits per heavy atom. The summed E-state index contributed by atoms with van der Waals surface area (Å²) in [4.78, 5) is 13.3. The van der Waals surface area contributed by atoms with E-state index < -0.39 is 0 Å². The zero-order valence-electron chi connectivity index (χ0n) is 11.2.